The van der Waals surface area contributed by atoms with E-state index in [0.29, 0.717) is 9.23 Å². The number of nitrogens with zero attached hydrogens (tertiary/aromatic N) is 1. The summed E-state index contributed by atoms with van der Waals surface area (Å²) in [5.41, 5.74) is 1.03. The van der Waals surface area contributed by atoms with Crippen molar-refractivity contribution >= 4 is 52.2 Å². The summed E-state index contributed by atoms with van der Waals surface area (Å²) in [5, 5.41) is 2.94. The largest absolute Gasteiger partial charge is 0.456 e. The maximum atomic E-state index is 12.6. The van der Waals surface area contributed by atoms with Gasteiger partial charge in [0.15, 0.2) is 6.61 Å². The number of amides is 2. The van der Waals surface area contributed by atoms with Crippen molar-refractivity contribution in [3.8, 4) is 0 Å². The minimum atomic E-state index is -0.525. The minimum Gasteiger partial charge on any atom is -0.456 e. The third kappa shape index (κ3) is 7.60. The van der Waals surface area contributed by atoms with Crippen molar-refractivity contribution in [3.63, 3.8) is 0 Å². The Balaban J connectivity index is 1.40. The standard InChI is InChI=1S/C24H28N2O4S2/c27-21(25-19-12-6-1-2-7-13-19)17-30-22(28)15-16-26-23(29)20(32-24(26)31)14-8-11-18-9-4-3-5-10-18/h3-5,8-11,14,19H,1-2,6-7,12-13,15-17H2,(H,25,27)/b11-8+,20-14+. The number of allylic oxidation sites excluding steroid dienone is 2. The summed E-state index contributed by atoms with van der Waals surface area (Å²) in [5.74, 6) is -1.02. The molecule has 1 aliphatic heterocycles. The zero-order chi connectivity index (χ0) is 22.8. The van der Waals surface area contributed by atoms with Crippen LogP contribution in [0.5, 0.6) is 0 Å². The van der Waals surface area contributed by atoms with Crippen LogP contribution in [0.25, 0.3) is 6.08 Å². The Hall–Kier alpha value is -2.45. The van der Waals surface area contributed by atoms with Crippen molar-refractivity contribution in [2.45, 2.75) is 51.0 Å². The molecular weight excluding hydrogens is 444 g/mol. The number of hydrogen-bond donors (Lipinski definition) is 1. The molecule has 1 saturated carbocycles. The van der Waals surface area contributed by atoms with Crippen molar-refractivity contribution in [1.82, 2.24) is 10.2 Å². The van der Waals surface area contributed by atoms with Crippen molar-refractivity contribution in [2.75, 3.05) is 13.2 Å². The van der Waals surface area contributed by atoms with Gasteiger partial charge in [0.2, 0.25) is 0 Å². The summed E-state index contributed by atoms with van der Waals surface area (Å²) < 4.78 is 5.49. The van der Waals surface area contributed by atoms with E-state index in [0.717, 1.165) is 31.2 Å². The van der Waals surface area contributed by atoms with Gasteiger partial charge in [0, 0.05) is 12.6 Å². The normalized spacial score (nSPS) is 18.9. The number of carbonyl (C=O) groups excluding carboxylic acids is 3. The Bertz CT molecular complexity index is 891. The molecule has 1 aromatic carbocycles. The summed E-state index contributed by atoms with van der Waals surface area (Å²) in [6.07, 6.45) is 12.0. The average molecular weight is 473 g/mol. The van der Waals surface area contributed by atoms with Gasteiger partial charge in [-0.3, -0.25) is 19.3 Å². The molecule has 1 saturated heterocycles. The lowest BCUT2D eigenvalue weighted by atomic mass is 10.1. The molecule has 0 bridgehead atoms. The van der Waals surface area contributed by atoms with Crippen molar-refractivity contribution in [3.05, 3.63) is 53.0 Å². The quantitative estimate of drug-likeness (QED) is 0.264. The molecule has 0 spiro atoms. The molecule has 1 N–H and O–H groups in total. The van der Waals surface area contributed by atoms with Crippen LogP contribution in [-0.4, -0.2) is 46.2 Å². The second-order valence-electron chi connectivity index (χ2n) is 7.79. The third-order valence-electron chi connectivity index (χ3n) is 5.33. The zero-order valence-corrected chi connectivity index (χ0v) is 19.6. The summed E-state index contributed by atoms with van der Waals surface area (Å²) >= 11 is 6.50. The van der Waals surface area contributed by atoms with E-state index in [9.17, 15) is 14.4 Å². The Kier molecular flexibility index (Phi) is 9.49. The van der Waals surface area contributed by atoms with E-state index >= 15 is 0 Å². The number of ether oxygens (including phenoxy) is 1. The van der Waals surface area contributed by atoms with Gasteiger partial charge in [-0.1, -0.05) is 92.1 Å². The summed E-state index contributed by atoms with van der Waals surface area (Å²) in [7, 11) is 0. The molecule has 2 amide bonds. The number of benzene rings is 1. The fourth-order valence-corrected chi connectivity index (χ4v) is 4.89. The van der Waals surface area contributed by atoms with E-state index in [-0.39, 0.29) is 37.4 Å². The number of rotatable bonds is 8. The number of thioether (sulfide) groups is 1. The molecule has 0 radical (unpaired) electrons. The smallest absolute Gasteiger partial charge is 0.308 e. The molecule has 8 heteroatoms. The van der Waals surface area contributed by atoms with Crippen LogP contribution in [-0.2, 0) is 19.1 Å². The van der Waals surface area contributed by atoms with Gasteiger partial charge < -0.3 is 10.1 Å². The summed E-state index contributed by atoms with van der Waals surface area (Å²) in [6.45, 7) is -0.161. The summed E-state index contributed by atoms with van der Waals surface area (Å²) in [4.78, 5) is 38.6. The SMILES string of the molecule is O=C(COC(=O)CCN1C(=O)/C(=C\C=C\c2ccccc2)SC1=S)NC1CCCCCC1. The third-order valence-corrected chi connectivity index (χ3v) is 6.73. The lowest BCUT2D eigenvalue weighted by Crippen LogP contribution is -2.37. The van der Waals surface area contributed by atoms with Gasteiger partial charge in [-0.05, 0) is 24.5 Å². The molecular formula is C24H28N2O4S2. The second-order valence-corrected chi connectivity index (χ2v) is 9.47. The van der Waals surface area contributed by atoms with Gasteiger partial charge in [0.1, 0.15) is 4.32 Å². The highest BCUT2D eigenvalue weighted by Crippen LogP contribution is 2.31. The average Bonchev–Trinajstić information content (AvgIpc) is 2.94. The molecule has 170 valence electrons. The van der Waals surface area contributed by atoms with E-state index < -0.39 is 5.97 Å². The van der Waals surface area contributed by atoms with Gasteiger partial charge in [-0.15, -0.1) is 0 Å². The van der Waals surface area contributed by atoms with E-state index in [2.05, 4.69) is 5.32 Å². The van der Waals surface area contributed by atoms with Crippen molar-refractivity contribution in [1.29, 1.82) is 0 Å². The highest BCUT2D eigenvalue weighted by molar-refractivity contribution is 8.26. The molecule has 3 rings (SSSR count). The Morgan fingerprint density at radius 1 is 1.16 bits per heavy atom. The fourth-order valence-electron chi connectivity index (χ4n) is 3.63. The first-order chi connectivity index (χ1) is 15.5. The molecule has 0 aromatic heterocycles. The predicted octanol–water partition coefficient (Wildman–Crippen LogP) is 4.22. The van der Waals surface area contributed by atoms with Crippen LogP contribution in [0.2, 0.25) is 0 Å². The van der Waals surface area contributed by atoms with Gasteiger partial charge in [-0.2, -0.15) is 0 Å². The van der Waals surface area contributed by atoms with Gasteiger partial charge >= 0.3 is 5.97 Å². The van der Waals surface area contributed by atoms with Crippen LogP contribution < -0.4 is 5.32 Å². The molecule has 1 aromatic rings. The van der Waals surface area contributed by atoms with Gasteiger partial charge in [0.25, 0.3) is 11.8 Å². The maximum absolute atomic E-state index is 12.6. The van der Waals surface area contributed by atoms with E-state index in [1.807, 2.05) is 42.5 Å². The van der Waals surface area contributed by atoms with E-state index in [1.165, 1.54) is 29.5 Å². The lowest BCUT2D eigenvalue weighted by Gasteiger charge is -2.16. The molecule has 0 atom stereocenters. The van der Waals surface area contributed by atoms with Crippen LogP contribution >= 0.6 is 24.0 Å². The first-order valence-corrected chi connectivity index (χ1v) is 12.2. The fraction of sp³-hybridized carbons (Fsp3) is 0.417. The highest BCUT2D eigenvalue weighted by atomic mass is 32.2. The van der Waals surface area contributed by atoms with Crippen LogP contribution in [0.1, 0.15) is 50.5 Å². The van der Waals surface area contributed by atoms with Gasteiger partial charge in [0.05, 0.1) is 11.3 Å². The van der Waals surface area contributed by atoms with E-state index in [4.69, 9.17) is 17.0 Å². The minimum absolute atomic E-state index is 0.0176. The highest BCUT2D eigenvalue weighted by Gasteiger charge is 2.31. The topological polar surface area (TPSA) is 75.7 Å². The number of esters is 1. The molecule has 6 nitrogen and oxygen atoms in total. The first-order valence-electron chi connectivity index (χ1n) is 10.9. The second kappa shape index (κ2) is 12.6. The number of thiocarbonyl (C=S) groups is 1. The van der Waals surface area contributed by atoms with Crippen LogP contribution in [0.4, 0.5) is 0 Å². The molecule has 32 heavy (non-hydrogen) atoms. The van der Waals surface area contributed by atoms with E-state index in [1.54, 1.807) is 6.08 Å². The van der Waals surface area contributed by atoms with Crippen LogP contribution in [0.15, 0.2) is 47.4 Å². The first kappa shape index (κ1) is 24.2. The zero-order valence-electron chi connectivity index (χ0n) is 18.0. The Morgan fingerprint density at radius 2 is 1.88 bits per heavy atom. The molecule has 2 fully saturated rings. The Labute approximate surface area is 198 Å². The molecule has 2 aliphatic rings. The predicted molar refractivity (Wildman–Crippen MR) is 131 cm³/mol. The van der Waals surface area contributed by atoms with Crippen LogP contribution in [0.3, 0.4) is 0 Å². The van der Waals surface area contributed by atoms with Gasteiger partial charge in [-0.25, -0.2) is 0 Å². The number of carbonyl (C=O) groups is 3. The lowest BCUT2D eigenvalue weighted by molar-refractivity contribution is -0.149. The van der Waals surface area contributed by atoms with Crippen molar-refractivity contribution < 1.29 is 19.1 Å². The maximum Gasteiger partial charge on any atom is 0.308 e. The molecule has 1 aliphatic carbocycles. The number of nitrogens with one attached hydrogen (secondary N) is 1. The van der Waals surface area contributed by atoms with Crippen LogP contribution in [0, 0.1) is 0 Å². The molecule has 0 unspecified atom stereocenters. The van der Waals surface area contributed by atoms with Crippen molar-refractivity contribution in [2.24, 2.45) is 0 Å². The summed E-state index contributed by atoms with van der Waals surface area (Å²) in [6, 6.07) is 9.94. The number of hydrogen-bond acceptors (Lipinski definition) is 6. The monoisotopic (exact) mass is 472 g/mol. The Morgan fingerprint density at radius 3 is 2.59 bits per heavy atom. The molecule has 1 heterocycles.